The van der Waals surface area contributed by atoms with E-state index in [1.807, 2.05) is 0 Å². The van der Waals surface area contributed by atoms with Crippen molar-refractivity contribution in [3.63, 3.8) is 0 Å². The maximum absolute atomic E-state index is 0. The Labute approximate surface area is 75.2 Å². The van der Waals surface area contributed by atoms with Crippen LogP contribution in [-0.2, 0) is 53.0 Å². The van der Waals surface area contributed by atoms with Crippen LogP contribution in [0.15, 0.2) is 0 Å². The molecule has 0 aliphatic heterocycles. The Hall–Kier alpha value is 2.40. The predicted octanol–water partition coefficient (Wildman–Crippen LogP) is -0.924. The van der Waals surface area contributed by atoms with Crippen LogP contribution in [-0.4, -0.2) is 23.1 Å². The minimum absolute atomic E-state index is 0. The second kappa shape index (κ2) is 18.1. The van der Waals surface area contributed by atoms with Crippen molar-refractivity contribution in [3.8, 4) is 0 Å². The molecular weight excluding hydrogens is 212 g/mol. The van der Waals surface area contributed by atoms with Gasteiger partial charge in [0.1, 0.15) is 0 Å². The fourth-order valence-electron chi connectivity index (χ4n) is 0. The molecule has 0 N–H and O–H groups in total. The summed E-state index contributed by atoms with van der Waals surface area (Å²) in [5.74, 6) is 0. The largest absolute Gasteiger partial charge is 0.316 e. The van der Waals surface area contributed by atoms with Crippen LogP contribution in [0.2, 0.25) is 0 Å². The second-order valence-electron chi connectivity index (χ2n) is 0. The first-order chi connectivity index (χ1) is 0. The molecule has 0 saturated heterocycles. The molecule has 0 fully saturated rings. The second-order valence-corrected chi connectivity index (χ2v) is 0. The molecule has 0 unspecified atom stereocenters. The zero-order valence-corrected chi connectivity index (χ0v) is 6.22. The zero-order valence-electron chi connectivity index (χ0n) is 1.32. The molecular formula is H2CuMgNiZn. The molecule has 0 bridgehead atoms. The van der Waals surface area contributed by atoms with E-state index in [4.69, 9.17) is 0 Å². The summed E-state index contributed by atoms with van der Waals surface area (Å²) >= 11 is 0. The fraction of sp³-hybridized carbons (Fsp3) is 0. The molecule has 4 heavy (non-hydrogen) atoms. The quantitative estimate of drug-likeness (QED) is 0.457. The summed E-state index contributed by atoms with van der Waals surface area (Å²) in [5.41, 5.74) is 0. The van der Waals surface area contributed by atoms with Crippen LogP contribution in [0.3, 0.4) is 0 Å². The Morgan fingerprint density at radius 1 is 1.00 bits per heavy atom. The maximum Gasteiger partial charge on any atom is 0.316 e. The molecule has 27 valence electrons. The molecule has 0 aromatic heterocycles. The summed E-state index contributed by atoms with van der Waals surface area (Å²) in [7, 11) is 0. The topological polar surface area (TPSA) is 0 Å². The van der Waals surface area contributed by atoms with Crippen LogP contribution in [0, 0.1) is 0 Å². The van der Waals surface area contributed by atoms with Crippen molar-refractivity contribution < 1.29 is 53.0 Å². The van der Waals surface area contributed by atoms with Gasteiger partial charge >= 0.3 is 23.1 Å². The summed E-state index contributed by atoms with van der Waals surface area (Å²) in [6, 6.07) is 0. The van der Waals surface area contributed by atoms with Gasteiger partial charge in [0.25, 0.3) is 0 Å². The Bertz CT molecular complexity index is 8.00. The average Bonchev–Trinajstić information content (AvgIpc) is 0. The van der Waals surface area contributed by atoms with Crippen molar-refractivity contribution in [1.82, 2.24) is 0 Å². The third kappa shape index (κ3) is 8.83. The molecule has 0 amide bonds. The SMILES string of the molecule is [Cu].[MgH2].[Ni].[Zn]. The Morgan fingerprint density at radius 2 is 1.00 bits per heavy atom. The first kappa shape index (κ1) is 32.4. The summed E-state index contributed by atoms with van der Waals surface area (Å²) in [6.45, 7) is 0. The molecule has 0 spiro atoms. The van der Waals surface area contributed by atoms with E-state index in [1.54, 1.807) is 0 Å². The van der Waals surface area contributed by atoms with E-state index in [0.717, 1.165) is 0 Å². The first-order valence-corrected chi connectivity index (χ1v) is 0. The summed E-state index contributed by atoms with van der Waals surface area (Å²) in [4.78, 5) is 0. The van der Waals surface area contributed by atoms with Gasteiger partial charge in [0.05, 0.1) is 0 Å². The molecule has 0 atom stereocenters. The van der Waals surface area contributed by atoms with Gasteiger partial charge in [-0.1, -0.05) is 0 Å². The van der Waals surface area contributed by atoms with E-state index in [1.165, 1.54) is 0 Å². The van der Waals surface area contributed by atoms with Gasteiger partial charge in [-0.2, -0.15) is 0 Å². The summed E-state index contributed by atoms with van der Waals surface area (Å²) in [5, 5.41) is 0. The van der Waals surface area contributed by atoms with Gasteiger partial charge in [-0.25, -0.2) is 0 Å². The van der Waals surface area contributed by atoms with Crippen LogP contribution in [0.5, 0.6) is 0 Å². The van der Waals surface area contributed by atoms with Crippen molar-refractivity contribution in [3.05, 3.63) is 0 Å². The average molecular weight is 214 g/mol. The van der Waals surface area contributed by atoms with Crippen molar-refractivity contribution in [2.45, 2.75) is 0 Å². The van der Waals surface area contributed by atoms with Gasteiger partial charge in [-0.15, -0.1) is 0 Å². The van der Waals surface area contributed by atoms with Crippen LogP contribution < -0.4 is 0 Å². The van der Waals surface area contributed by atoms with Gasteiger partial charge in [0.2, 0.25) is 0 Å². The molecule has 0 heterocycles. The van der Waals surface area contributed by atoms with E-state index in [0.29, 0.717) is 0 Å². The summed E-state index contributed by atoms with van der Waals surface area (Å²) < 4.78 is 0. The van der Waals surface area contributed by atoms with E-state index >= 15 is 0 Å². The van der Waals surface area contributed by atoms with Gasteiger partial charge in [-0.3, -0.25) is 0 Å². The molecule has 0 aliphatic rings. The minimum atomic E-state index is 0. The van der Waals surface area contributed by atoms with Crippen molar-refractivity contribution in [2.75, 3.05) is 0 Å². The van der Waals surface area contributed by atoms with Gasteiger partial charge in [0.15, 0.2) is 0 Å². The third-order valence-electron chi connectivity index (χ3n) is 0. The molecule has 0 nitrogen and oxygen atoms in total. The van der Waals surface area contributed by atoms with E-state index in [2.05, 4.69) is 0 Å². The molecule has 0 saturated carbocycles. The maximum atomic E-state index is 0. The molecule has 1 radical (unpaired) electrons. The van der Waals surface area contributed by atoms with Crippen LogP contribution in [0.4, 0.5) is 0 Å². The summed E-state index contributed by atoms with van der Waals surface area (Å²) in [6.07, 6.45) is 0. The third-order valence-corrected chi connectivity index (χ3v) is 0. The monoisotopic (exact) mass is 211 g/mol. The molecule has 0 aliphatic carbocycles. The van der Waals surface area contributed by atoms with Crippen molar-refractivity contribution in [2.24, 2.45) is 0 Å². The smallest absolute Gasteiger partial charge is 0 e. The molecule has 4 heteroatoms. The number of hydrogen-bond donors (Lipinski definition) is 0. The first-order valence-electron chi connectivity index (χ1n) is 0. The number of rotatable bonds is 0. The standard InChI is InChI=1S/Cu.Mg.Ni.Zn.2H. The van der Waals surface area contributed by atoms with Crippen LogP contribution in [0.1, 0.15) is 0 Å². The van der Waals surface area contributed by atoms with Crippen LogP contribution in [0.25, 0.3) is 0 Å². The van der Waals surface area contributed by atoms with E-state index in [-0.39, 0.29) is 76.1 Å². The van der Waals surface area contributed by atoms with Crippen molar-refractivity contribution in [1.29, 1.82) is 0 Å². The fourth-order valence-corrected chi connectivity index (χ4v) is 0. The Kier molecular flexibility index (Phi) is 147. The van der Waals surface area contributed by atoms with Crippen LogP contribution >= 0.6 is 0 Å². The zero-order chi connectivity index (χ0) is 0. The molecule has 0 aromatic rings. The normalized spacial score (nSPS) is 0. The number of hydrogen-bond acceptors (Lipinski definition) is 0. The molecule has 0 aromatic carbocycles. The van der Waals surface area contributed by atoms with E-state index < -0.39 is 0 Å². The van der Waals surface area contributed by atoms with Gasteiger partial charge in [-0.05, 0) is 0 Å². The Balaban J connectivity index is 0. The van der Waals surface area contributed by atoms with Gasteiger partial charge in [0, 0.05) is 53.0 Å². The van der Waals surface area contributed by atoms with Crippen molar-refractivity contribution >= 4 is 23.1 Å². The molecule has 0 rings (SSSR count). The van der Waals surface area contributed by atoms with E-state index in [9.17, 15) is 0 Å². The predicted molar refractivity (Wildman–Crippen MR) is 8.54 cm³/mol. The Morgan fingerprint density at radius 3 is 1.00 bits per heavy atom. The van der Waals surface area contributed by atoms with Gasteiger partial charge < -0.3 is 0 Å². The minimum Gasteiger partial charge on any atom is 0 e.